The van der Waals surface area contributed by atoms with Crippen molar-refractivity contribution in [2.24, 2.45) is 0 Å². The van der Waals surface area contributed by atoms with E-state index in [1.54, 1.807) is 11.8 Å². The van der Waals surface area contributed by atoms with Crippen molar-refractivity contribution >= 4 is 23.8 Å². The Bertz CT molecular complexity index is 285. The Kier molecular flexibility index (Phi) is 8.63. The average Bonchev–Trinajstić information content (AvgIpc) is 2.40. The predicted octanol–water partition coefficient (Wildman–Crippen LogP) is 2.46. The van der Waals surface area contributed by atoms with E-state index in [1.165, 1.54) is 0 Å². The van der Waals surface area contributed by atoms with E-state index in [2.05, 4.69) is 24.5 Å². The van der Waals surface area contributed by atoms with Crippen LogP contribution in [0, 0.1) is 0 Å². The summed E-state index contributed by atoms with van der Waals surface area (Å²) in [5.74, 6) is -0.987. The van der Waals surface area contributed by atoms with Crippen LogP contribution in [0.15, 0.2) is 0 Å². The summed E-state index contributed by atoms with van der Waals surface area (Å²) in [6, 6.07) is -1.21. The molecule has 0 radical (unpaired) electrons. The first kappa shape index (κ1) is 18.1. The molecule has 0 saturated heterocycles. The van der Waals surface area contributed by atoms with E-state index in [1.807, 2.05) is 13.2 Å². The van der Waals surface area contributed by atoms with Crippen molar-refractivity contribution in [3.8, 4) is 0 Å². The first-order valence-corrected chi connectivity index (χ1v) is 7.99. The molecule has 0 saturated carbocycles. The predicted molar refractivity (Wildman–Crippen MR) is 79.7 cm³/mol. The molecule has 0 unspecified atom stereocenters. The van der Waals surface area contributed by atoms with Gasteiger partial charge in [-0.2, -0.15) is 11.8 Å². The second-order valence-electron chi connectivity index (χ2n) is 4.60. The molecular weight excluding hydrogens is 264 g/mol. The molecule has 19 heavy (non-hydrogen) atoms. The molecule has 0 rings (SSSR count). The molecule has 3 N–H and O–H groups in total. The van der Waals surface area contributed by atoms with Crippen LogP contribution in [-0.2, 0) is 4.79 Å². The molecule has 0 aliphatic carbocycles. The Hall–Kier alpha value is -0.910. The highest BCUT2D eigenvalue weighted by molar-refractivity contribution is 8.00. The molecule has 2 amide bonds. The van der Waals surface area contributed by atoms with Gasteiger partial charge < -0.3 is 15.7 Å². The van der Waals surface area contributed by atoms with Crippen molar-refractivity contribution in [1.29, 1.82) is 0 Å². The van der Waals surface area contributed by atoms with Crippen LogP contribution in [0.3, 0.4) is 0 Å². The largest absolute Gasteiger partial charge is 0.480 e. The number of carbonyl (C=O) groups excluding carboxylic acids is 1. The molecule has 0 heterocycles. The van der Waals surface area contributed by atoms with Crippen LogP contribution in [0.25, 0.3) is 0 Å². The Morgan fingerprint density at radius 3 is 2.21 bits per heavy atom. The number of thioether (sulfide) groups is 1. The van der Waals surface area contributed by atoms with Crippen molar-refractivity contribution in [2.45, 2.75) is 57.2 Å². The normalized spacial score (nSPS) is 12.8. The molecular formula is C13H26N2O3S. The summed E-state index contributed by atoms with van der Waals surface area (Å²) in [7, 11) is 0. The number of rotatable bonds is 9. The van der Waals surface area contributed by atoms with Crippen LogP contribution < -0.4 is 10.6 Å². The van der Waals surface area contributed by atoms with Crippen molar-refractivity contribution in [3.05, 3.63) is 0 Å². The minimum Gasteiger partial charge on any atom is -0.480 e. The molecule has 112 valence electrons. The van der Waals surface area contributed by atoms with E-state index in [0.29, 0.717) is 13.0 Å². The number of hydrogen-bond acceptors (Lipinski definition) is 3. The lowest BCUT2D eigenvalue weighted by molar-refractivity contribution is -0.139. The van der Waals surface area contributed by atoms with Crippen molar-refractivity contribution in [2.75, 3.05) is 12.8 Å². The Labute approximate surface area is 119 Å². The molecule has 0 fully saturated rings. The number of amides is 2. The molecule has 0 aromatic rings. The maximum atomic E-state index is 11.7. The molecule has 6 heteroatoms. The minimum atomic E-state index is -0.987. The van der Waals surface area contributed by atoms with Gasteiger partial charge in [-0.1, -0.05) is 27.2 Å². The topological polar surface area (TPSA) is 78.4 Å². The monoisotopic (exact) mass is 290 g/mol. The first-order chi connectivity index (χ1) is 8.94. The van der Waals surface area contributed by atoms with Gasteiger partial charge in [0.1, 0.15) is 6.04 Å². The lowest BCUT2D eigenvalue weighted by Gasteiger charge is -2.30. The lowest BCUT2D eigenvalue weighted by Crippen LogP contribution is -2.49. The maximum Gasteiger partial charge on any atom is 0.326 e. The third-order valence-electron chi connectivity index (χ3n) is 3.47. The number of hydrogen-bond donors (Lipinski definition) is 3. The SMILES string of the molecule is CCC[C@@H](NC(=O)NCC(CC)(CC)SC)C(=O)O. The van der Waals surface area contributed by atoms with E-state index in [4.69, 9.17) is 5.11 Å². The summed E-state index contributed by atoms with van der Waals surface area (Å²) in [6.45, 7) is 6.63. The number of carboxylic acid groups (broad SMARTS) is 1. The van der Waals surface area contributed by atoms with Gasteiger partial charge in [0.05, 0.1) is 0 Å². The number of urea groups is 1. The highest BCUT2D eigenvalue weighted by Gasteiger charge is 2.26. The zero-order valence-electron chi connectivity index (χ0n) is 12.3. The van der Waals surface area contributed by atoms with E-state index in [9.17, 15) is 9.59 Å². The Balaban J connectivity index is 4.33. The van der Waals surface area contributed by atoms with E-state index in [-0.39, 0.29) is 4.75 Å². The van der Waals surface area contributed by atoms with Crippen molar-refractivity contribution in [3.63, 3.8) is 0 Å². The van der Waals surface area contributed by atoms with Gasteiger partial charge in [0.25, 0.3) is 0 Å². The molecule has 1 atom stereocenters. The number of carboxylic acids is 1. The van der Waals surface area contributed by atoms with Crippen LogP contribution >= 0.6 is 11.8 Å². The number of carbonyl (C=O) groups is 2. The standard InChI is InChI=1S/C13H26N2O3S/c1-5-8-10(11(16)17)15-12(18)14-9-13(6-2,7-3)19-4/h10H,5-9H2,1-4H3,(H,16,17)(H2,14,15,18)/t10-/m1/s1. The summed E-state index contributed by atoms with van der Waals surface area (Å²) in [5.41, 5.74) is 0. The molecule has 0 aliphatic rings. The molecule has 0 aromatic heterocycles. The van der Waals surface area contributed by atoms with Gasteiger partial charge >= 0.3 is 12.0 Å². The van der Waals surface area contributed by atoms with Gasteiger partial charge in [-0.05, 0) is 25.5 Å². The van der Waals surface area contributed by atoms with Gasteiger partial charge in [0.15, 0.2) is 0 Å². The summed E-state index contributed by atoms with van der Waals surface area (Å²) in [4.78, 5) is 22.7. The molecule has 0 aromatic carbocycles. The summed E-state index contributed by atoms with van der Waals surface area (Å²) in [6.07, 6.45) is 5.11. The number of aliphatic carboxylic acids is 1. The minimum absolute atomic E-state index is 0.0286. The second-order valence-corrected chi connectivity index (χ2v) is 5.88. The van der Waals surface area contributed by atoms with E-state index < -0.39 is 18.0 Å². The van der Waals surface area contributed by atoms with Gasteiger partial charge in [-0.3, -0.25) is 0 Å². The average molecular weight is 290 g/mol. The molecule has 0 aliphatic heterocycles. The quantitative estimate of drug-likeness (QED) is 0.609. The van der Waals surface area contributed by atoms with E-state index >= 15 is 0 Å². The summed E-state index contributed by atoms with van der Waals surface area (Å²) in [5, 5.41) is 14.3. The second kappa shape index (κ2) is 9.07. The lowest BCUT2D eigenvalue weighted by atomic mass is 10.0. The Morgan fingerprint density at radius 2 is 1.84 bits per heavy atom. The fourth-order valence-electron chi connectivity index (χ4n) is 1.86. The maximum absolute atomic E-state index is 11.7. The fraction of sp³-hybridized carbons (Fsp3) is 0.846. The highest BCUT2D eigenvalue weighted by Crippen LogP contribution is 2.29. The van der Waals surface area contributed by atoms with Crippen molar-refractivity contribution in [1.82, 2.24) is 10.6 Å². The zero-order valence-corrected chi connectivity index (χ0v) is 13.1. The smallest absolute Gasteiger partial charge is 0.326 e. The molecule has 0 spiro atoms. The van der Waals surface area contributed by atoms with Crippen LogP contribution in [0.1, 0.15) is 46.5 Å². The summed E-state index contributed by atoms with van der Waals surface area (Å²) >= 11 is 1.74. The number of nitrogens with one attached hydrogen (secondary N) is 2. The van der Waals surface area contributed by atoms with Crippen LogP contribution in [0.4, 0.5) is 4.79 Å². The fourth-order valence-corrected chi connectivity index (χ4v) is 2.65. The van der Waals surface area contributed by atoms with Gasteiger partial charge in [-0.15, -0.1) is 0 Å². The third-order valence-corrected chi connectivity index (χ3v) is 5.06. The summed E-state index contributed by atoms with van der Waals surface area (Å²) < 4.78 is 0.0286. The van der Waals surface area contributed by atoms with E-state index in [0.717, 1.165) is 19.3 Å². The van der Waals surface area contributed by atoms with Crippen LogP contribution in [-0.4, -0.2) is 40.7 Å². The van der Waals surface area contributed by atoms with Gasteiger partial charge in [0, 0.05) is 11.3 Å². The van der Waals surface area contributed by atoms with Gasteiger partial charge in [0.2, 0.25) is 0 Å². The van der Waals surface area contributed by atoms with Crippen LogP contribution in [0.2, 0.25) is 0 Å². The Morgan fingerprint density at radius 1 is 1.26 bits per heavy atom. The third kappa shape index (κ3) is 6.18. The first-order valence-electron chi connectivity index (χ1n) is 6.77. The van der Waals surface area contributed by atoms with Crippen LogP contribution in [0.5, 0.6) is 0 Å². The zero-order chi connectivity index (χ0) is 14.9. The molecule has 0 bridgehead atoms. The van der Waals surface area contributed by atoms with Crippen molar-refractivity contribution < 1.29 is 14.7 Å². The highest BCUT2D eigenvalue weighted by atomic mass is 32.2. The molecule has 5 nitrogen and oxygen atoms in total. The van der Waals surface area contributed by atoms with Gasteiger partial charge in [-0.25, -0.2) is 9.59 Å².